The summed E-state index contributed by atoms with van der Waals surface area (Å²) in [4.78, 5) is 4.66. The van der Waals surface area contributed by atoms with Crippen LogP contribution in [0.25, 0.3) is 0 Å². The van der Waals surface area contributed by atoms with E-state index in [0.717, 1.165) is 50.3 Å². The van der Waals surface area contributed by atoms with Gasteiger partial charge in [0.1, 0.15) is 5.82 Å². The first-order chi connectivity index (χ1) is 9.69. The number of piperidine rings is 1. The lowest BCUT2D eigenvalue weighted by Crippen LogP contribution is -2.58. The molecule has 4 heteroatoms. The summed E-state index contributed by atoms with van der Waals surface area (Å²) in [5.74, 6) is -0.0830. The lowest BCUT2D eigenvalue weighted by Gasteiger charge is -2.46. The van der Waals surface area contributed by atoms with Crippen molar-refractivity contribution in [2.75, 3.05) is 38.2 Å². The van der Waals surface area contributed by atoms with E-state index in [1.807, 2.05) is 19.1 Å². The van der Waals surface area contributed by atoms with E-state index in [9.17, 15) is 4.39 Å². The van der Waals surface area contributed by atoms with Gasteiger partial charge in [-0.25, -0.2) is 4.39 Å². The Hall–Kier alpha value is -1.13. The van der Waals surface area contributed by atoms with Crippen molar-refractivity contribution in [3.8, 4) is 0 Å². The zero-order chi connectivity index (χ0) is 14.1. The fourth-order valence-corrected chi connectivity index (χ4v) is 3.30. The van der Waals surface area contributed by atoms with Crippen LogP contribution in [-0.2, 0) is 11.2 Å². The van der Waals surface area contributed by atoms with E-state index in [2.05, 4.69) is 16.8 Å². The number of fused-ring (bicyclic) bond motifs is 1. The van der Waals surface area contributed by atoms with E-state index in [1.165, 1.54) is 0 Å². The maximum Gasteiger partial charge on any atom is 0.128 e. The fourth-order valence-electron chi connectivity index (χ4n) is 3.30. The van der Waals surface area contributed by atoms with Crippen LogP contribution in [0.4, 0.5) is 10.1 Å². The molecule has 1 aromatic carbocycles. The molecular weight excluding hydrogens is 255 g/mol. The predicted octanol–water partition coefficient (Wildman–Crippen LogP) is 2.30. The van der Waals surface area contributed by atoms with E-state index in [0.29, 0.717) is 12.1 Å². The third kappa shape index (κ3) is 2.54. The van der Waals surface area contributed by atoms with Crippen LogP contribution in [0.1, 0.15) is 18.9 Å². The monoisotopic (exact) mass is 278 g/mol. The highest BCUT2D eigenvalue weighted by Crippen LogP contribution is 2.27. The molecule has 3 nitrogen and oxygen atoms in total. The molecule has 0 saturated carbocycles. The van der Waals surface area contributed by atoms with E-state index in [1.54, 1.807) is 6.07 Å². The van der Waals surface area contributed by atoms with Gasteiger partial charge in [-0.3, -0.25) is 4.90 Å². The van der Waals surface area contributed by atoms with Gasteiger partial charge in [0.15, 0.2) is 0 Å². The number of hydrogen-bond donors (Lipinski definition) is 0. The molecule has 2 heterocycles. The molecule has 0 spiro atoms. The lowest BCUT2D eigenvalue weighted by molar-refractivity contribution is -0.0687. The van der Waals surface area contributed by atoms with Crippen LogP contribution >= 0.6 is 0 Å². The van der Waals surface area contributed by atoms with Gasteiger partial charge in [-0.2, -0.15) is 0 Å². The summed E-state index contributed by atoms with van der Waals surface area (Å²) >= 11 is 0. The van der Waals surface area contributed by atoms with Crippen LogP contribution in [0.5, 0.6) is 0 Å². The molecule has 110 valence electrons. The first kappa shape index (κ1) is 13.8. The minimum absolute atomic E-state index is 0.0830. The third-order valence-electron chi connectivity index (χ3n) is 4.64. The normalized spacial score (nSPS) is 27.4. The standard InChI is InChI=1S/C16H23FN2O/c1-3-12-4-5-13(10-14(12)17)19-7-6-16-15(11-19)18(2)8-9-20-16/h4-5,10,15-16H,3,6-9,11H2,1-2H3/t15-,16+/m0/s1. The summed E-state index contributed by atoms with van der Waals surface area (Å²) in [6, 6.07) is 6.07. The number of morpholine rings is 1. The highest BCUT2D eigenvalue weighted by atomic mass is 19.1. The van der Waals surface area contributed by atoms with Gasteiger partial charge in [-0.15, -0.1) is 0 Å². The van der Waals surface area contributed by atoms with Crippen molar-refractivity contribution in [2.24, 2.45) is 0 Å². The highest BCUT2D eigenvalue weighted by Gasteiger charge is 2.35. The Morgan fingerprint density at radius 2 is 2.20 bits per heavy atom. The Balaban J connectivity index is 1.76. The fraction of sp³-hybridized carbons (Fsp3) is 0.625. The Bertz CT molecular complexity index is 480. The van der Waals surface area contributed by atoms with Gasteiger partial charge in [0, 0.05) is 25.3 Å². The molecule has 0 bridgehead atoms. The predicted molar refractivity (Wildman–Crippen MR) is 78.8 cm³/mol. The van der Waals surface area contributed by atoms with Crippen LogP contribution < -0.4 is 4.90 Å². The highest BCUT2D eigenvalue weighted by molar-refractivity contribution is 5.49. The van der Waals surface area contributed by atoms with E-state index >= 15 is 0 Å². The molecule has 0 aliphatic carbocycles. The van der Waals surface area contributed by atoms with Gasteiger partial charge in [-0.05, 0) is 37.6 Å². The summed E-state index contributed by atoms with van der Waals surface area (Å²) in [5.41, 5.74) is 1.79. The number of likely N-dealkylation sites (N-methyl/N-ethyl adjacent to an activating group) is 1. The molecule has 20 heavy (non-hydrogen) atoms. The molecule has 2 fully saturated rings. The smallest absolute Gasteiger partial charge is 0.128 e. The van der Waals surface area contributed by atoms with E-state index in [-0.39, 0.29) is 5.82 Å². The van der Waals surface area contributed by atoms with Crippen LogP contribution in [0.2, 0.25) is 0 Å². The van der Waals surface area contributed by atoms with Gasteiger partial charge in [0.2, 0.25) is 0 Å². The zero-order valence-corrected chi connectivity index (χ0v) is 12.3. The Morgan fingerprint density at radius 1 is 1.35 bits per heavy atom. The van der Waals surface area contributed by atoms with E-state index in [4.69, 9.17) is 4.74 Å². The van der Waals surface area contributed by atoms with Crippen LogP contribution in [0.3, 0.4) is 0 Å². The molecule has 0 radical (unpaired) electrons. The number of rotatable bonds is 2. The molecular formula is C16H23FN2O. The van der Waals surface area contributed by atoms with Crippen molar-refractivity contribution in [3.05, 3.63) is 29.6 Å². The molecule has 2 saturated heterocycles. The van der Waals surface area contributed by atoms with Crippen molar-refractivity contribution in [2.45, 2.75) is 31.9 Å². The Kier molecular flexibility index (Phi) is 3.94. The minimum Gasteiger partial charge on any atom is -0.375 e. The number of nitrogens with zero attached hydrogens (tertiary/aromatic N) is 2. The maximum atomic E-state index is 14.0. The van der Waals surface area contributed by atoms with Crippen LogP contribution in [-0.4, -0.2) is 50.3 Å². The van der Waals surface area contributed by atoms with Crippen molar-refractivity contribution < 1.29 is 9.13 Å². The number of anilines is 1. The number of ether oxygens (including phenoxy) is 1. The first-order valence-corrected chi connectivity index (χ1v) is 7.54. The Labute approximate surface area is 120 Å². The largest absolute Gasteiger partial charge is 0.375 e. The molecule has 2 aliphatic rings. The van der Waals surface area contributed by atoms with Crippen molar-refractivity contribution >= 4 is 5.69 Å². The number of aryl methyl sites for hydroxylation is 1. The Morgan fingerprint density at radius 3 is 2.95 bits per heavy atom. The molecule has 0 N–H and O–H groups in total. The molecule has 2 atom stereocenters. The third-order valence-corrected chi connectivity index (χ3v) is 4.64. The SMILES string of the molecule is CCc1ccc(N2CC[C@H]3OCCN(C)[C@H]3C2)cc1F. The minimum atomic E-state index is -0.0830. The molecule has 2 aliphatic heterocycles. The molecule has 0 unspecified atom stereocenters. The lowest BCUT2D eigenvalue weighted by atomic mass is 9.98. The second-order valence-electron chi connectivity index (χ2n) is 5.82. The van der Waals surface area contributed by atoms with Crippen LogP contribution in [0.15, 0.2) is 18.2 Å². The summed E-state index contributed by atoms with van der Waals surface area (Å²) in [7, 11) is 2.16. The molecule has 3 rings (SSSR count). The van der Waals surface area contributed by atoms with E-state index < -0.39 is 0 Å². The topological polar surface area (TPSA) is 15.7 Å². The molecule has 1 aromatic rings. The second-order valence-corrected chi connectivity index (χ2v) is 5.82. The van der Waals surface area contributed by atoms with Crippen molar-refractivity contribution in [1.29, 1.82) is 0 Å². The quantitative estimate of drug-likeness (QED) is 0.825. The van der Waals surface area contributed by atoms with Gasteiger partial charge in [-0.1, -0.05) is 13.0 Å². The summed E-state index contributed by atoms with van der Waals surface area (Å²) in [6.07, 6.45) is 2.10. The average Bonchev–Trinajstić information content (AvgIpc) is 2.47. The average molecular weight is 278 g/mol. The molecule has 0 amide bonds. The van der Waals surface area contributed by atoms with Crippen molar-refractivity contribution in [3.63, 3.8) is 0 Å². The summed E-state index contributed by atoms with van der Waals surface area (Å²) < 4.78 is 19.8. The van der Waals surface area contributed by atoms with Gasteiger partial charge >= 0.3 is 0 Å². The number of hydrogen-bond acceptors (Lipinski definition) is 3. The second kappa shape index (κ2) is 5.70. The van der Waals surface area contributed by atoms with Gasteiger partial charge in [0.05, 0.1) is 18.8 Å². The van der Waals surface area contributed by atoms with Gasteiger partial charge in [0.25, 0.3) is 0 Å². The first-order valence-electron chi connectivity index (χ1n) is 7.54. The maximum absolute atomic E-state index is 14.0. The summed E-state index contributed by atoms with van der Waals surface area (Å²) in [5, 5.41) is 0. The summed E-state index contributed by atoms with van der Waals surface area (Å²) in [6.45, 7) is 5.67. The van der Waals surface area contributed by atoms with Gasteiger partial charge < -0.3 is 9.64 Å². The van der Waals surface area contributed by atoms with Crippen molar-refractivity contribution in [1.82, 2.24) is 4.90 Å². The number of benzene rings is 1. The zero-order valence-electron chi connectivity index (χ0n) is 12.3. The van der Waals surface area contributed by atoms with Crippen LogP contribution in [0, 0.1) is 5.82 Å². The number of halogens is 1. The molecule has 0 aromatic heterocycles.